The van der Waals surface area contributed by atoms with Crippen LogP contribution in [-0.4, -0.2) is 21.9 Å². The highest BCUT2D eigenvalue weighted by Gasteiger charge is 2.56. The van der Waals surface area contributed by atoms with Crippen LogP contribution in [0.1, 0.15) is 39.7 Å². The largest absolute Gasteiger partial charge is 0.386 e. The lowest BCUT2D eigenvalue weighted by Gasteiger charge is -2.35. The molecule has 1 unspecified atom stereocenters. The van der Waals surface area contributed by atoms with E-state index in [1.54, 1.807) is 0 Å². The molecular formula is C19H24O2. The predicted octanol–water partition coefficient (Wildman–Crippen LogP) is 4.09. The third-order valence-electron chi connectivity index (χ3n) is 4.73. The van der Waals surface area contributed by atoms with E-state index in [0.717, 1.165) is 0 Å². The molecule has 3 rings (SSSR count). The summed E-state index contributed by atoms with van der Waals surface area (Å²) in [5, 5.41) is 13.7. The van der Waals surface area contributed by atoms with Crippen LogP contribution in [-0.2, 0) is 11.2 Å². The van der Waals surface area contributed by atoms with E-state index in [0.29, 0.717) is 12.8 Å². The van der Waals surface area contributed by atoms with Crippen LogP contribution in [0.5, 0.6) is 0 Å². The fraction of sp³-hybridized carbons (Fsp3) is 0.474. The van der Waals surface area contributed by atoms with E-state index < -0.39 is 11.2 Å². The SMILES string of the molecule is CC1(C)CC(O)(Cc2cccc3ccccc23)C(C)(C)O1. The van der Waals surface area contributed by atoms with Crippen LogP contribution in [0, 0.1) is 0 Å². The van der Waals surface area contributed by atoms with E-state index in [4.69, 9.17) is 4.74 Å². The molecule has 0 aromatic heterocycles. The molecule has 0 radical (unpaired) electrons. The summed E-state index contributed by atoms with van der Waals surface area (Å²) in [5.74, 6) is 0. The molecule has 2 aromatic carbocycles. The van der Waals surface area contributed by atoms with Gasteiger partial charge in [-0.25, -0.2) is 0 Å². The Morgan fingerprint density at radius 3 is 2.33 bits per heavy atom. The predicted molar refractivity (Wildman–Crippen MR) is 86.5 cm³/mol. The second kappa shape index (κ2) is 4.56. The van der Waals surface area contributed by atoms with Gasteiger partial charge in [0.15, 0.2) is 0 Å². The maximum absolute atomic E-state index is 11.2. The van der Waals surface area contributed by atoms with Crippen molar-refractivity contribution in [3.8, 4) is 0 Å². The van der Waals surface area contributed by atoms with Gasteiger partial charge in [-0.15, -0.1) is 0 Å². The number of fused-ring (bicyclic) bond motifs is 1. The average Bonchev–Trinajstić information content (AvgIpc) is 2.53. The molecule has 1 aliphatic heterocycles. The van der Waals surface area contributed by atoms with Crippen LogP contribution in [0.4, 0.5) is 0 Å². The number of hydrogen-bond acceptors (Lipinski definition) is 2. The lowest BCUT2D eigenvalue weighted by atomic mass is 9.77. The number of benzene rings is 2. The summed E-state index contributed by atoms with van der Waals surface area (Å²) in [5.41, 5.74) is -0.498. The molecule has 1 heterocycles. The van der Waals surface area contributed by atoms with Gasteiger partial charge >= 0.3 is 0 Å². The van der Waals surface area contributed by atoms with Crippen molar-refractivity contribution < 1.29 is 9.84 Å². The van der Waals surface area contributed by atoms with E-state index in [-0.39, 0.29) is 5.60 Å². The van der Waals surface area contributed by atoms with Crippen molar-refractivity contribution in [3.63, 3.8) is 0 Å². The molecule has 0 aliphatic carbocycles. The first-order valence-electron chi connectivity index (χ1n) is 7.62. The maximum atomic E-state index is 11.2. The number of hydrogen-bond donors (Lipinski definition) is 1. The van der Waals surface area contributed by atoms with Gasteiger partial charge < -0.3 is 9.84 Å². The summed E-state index contributed by atoms with van der Waals surface area (Å²) in [7, 11) is 0. The minimum atomic E-state index is -0.847. The smallest absolute Gasteiger partial charge is 0.0998 e. The Hall–Kier alpha value is -1.38. The molecule has 21 heavy (non-hydrogen) atoms. The normalized spacial score (nSPS) is 27.1. The van der Waals surface area contributed by atoms with Crippen molar-refractivity contribution in [1.82, 2.24) is 0 Å². The Morgan fingerprint density at radius 2 is 1.67 bits per heavy atom. The number of ether oxygens (including phenoxy) is 1. The standard InChI is InChI=1S/C19H24O2/c1-17(2)13-19(20,18(3,4)21-17)12-15-10-7-9-14-8-5-6-11-16(14)15/h5-11,20H,12-13H2,1-4H3. The van der Waals surface area contributed by atoms with Gasteiger partial charge in [0.1, 0.15) is 0 Å². The van der Waals surface area contributed by atoms with Crippen molar-refractivity contribution in [2.75, 3.05) is 0 Å². The van der Waals surface area contributed by atoms with Crippen molar-refractivity contribution in [2.24, 2.45) is 0 Å². The minimum absolute atomic E-state index is 0.289. The third kappa shape index (κ3) is 2.47. The number of rotatable bonds is 2. The lowest BCUT2D eigenvalue weighted by molar-refractivity contribution is -0.125. The molecule has 1 aliphatic rings. The summed E-state index contributed by atoms with van der Waals surface area (Å²) in [6, 6.07) is 14.6. The molecule has 1 atom stereocenters. The molecule has 0 amide bonds. The van der Waals surface area contributed by atoms with Crippen LogP contribution in [0.3, 0.4) is 0 Å². The van der Waals surface area contributed by atoms with Crippen LogP contribution >= 0.6 is 0 Å². The Kier molecular flexibility index (Phi) is 3.16. The van der Waals surface area contributed by atoms with Gasteiger partial charge in [-0.3, -0.25) is 0 Å². The molecule has 0 spiro atoms. The first-order valence-corrected chi connectivity index (χ1v) is 7.62. The highest BCUT2D eigenvalue weighted by molar-refractivity contribution is 5.85. The highest BCUT2D eigenvalue weighted by atomic mass is 16.5. The van der Waals surface area contributed by atoms with E-state index >= 15 is 0 Å². The second-order valence-corrected chi connectivity index (χ2v) is 7.40. The lowest BCUT2D eigenvalue weighted by Crippen LogP contribution is -2.48. The Morgan fingerprint density at radius 1 is 1.00 bits per heavy atom. The molecule has 0 saturated carbocycles. The summed E-state index contributed by atoms with van der Waals surface area (Å²) in [6.45, 7) is 8.09. The van der Waals surface area contributed by atoms with Crippen molar-refractivity contribution in [3.05, 3.63) is 48.0 Å². The fourth-order valence-electron chi connectivity index (χ4n) is 3.78. The van der Waals surface area contributed by atoms with Gasteiger partial charge in [0, 0.05) is 12.8 Å². The van der Waals surface area contributed by atoms with E-state index in [1.807, 2.05) is 19.9 Å². The first-order chi connectivity index (χ1) is 9.73. The summed E-state index contributed by atoms with van der Waals surface area (Å²) in [4.78, 5) is 0. The van der Waals surface area contributed by atoms with Crippen LogP contribution < -0.4 is 0 Å². The van der Waals surface area contributed by atoms with Gasteiger partial charge in [-0.05, 0) is 44.0 Å². The molecule has 2 nitrogen and oxygen atoms in total. The third-order valence-corrected chi connectivity index (χ3v) is 4.73. The maximum Gasteiger partial charge on any atom is 0.0998 e. The minimum Gasteiger partial charge on any atom is -0.386 e. The Bertz CT molecular complexity index is 667. The van der Waals surface area contributed by atoms with Crippen LogP contribution in [0.2, 0.25) is 0 Å². The van der Waals surface area contributed by atoms with Gasteiger partial charge in [-0.1, -0.05) is 42.5 Å². The summed E-state index contributed by atoms with van der Waals surface area (Å²) < 4.78 is 6.09. The first kappa shape index (κ1) is 14.6. The quantitative estimate of drug-likeness (QED) is 0.900. The topological polar surface area (TPSA) is 29.5 Å². The average molecular weight is 284 g/mol. The van der Waals surface area contributed by atoms with Crippen molar-refractivity contribution >= 4 is 10.8 Å². The molecule has 2 heteroatoms. The van der Waals surface area contributed by atoms with Crippen molar-refractivity contribution in [2.45, 2.75) is 57.3 Å². The van der Waals surface area contributed by atoms with Crippen molar-refractivity contribution in [1.29, 1.82) is 0 Å². The molecule has 1 N–H and O–H groups in total. The second-order valence-electron chi connectivity index (χ2n) is 7.40. The number of aliphatic hydroxyl groups is 1. The Balaban J connectivity index is 2.02. The van der Waals surface area contributed by atoms with Gasteiger partial charge in [0.05, 0.1) is 16.8 Å². The summed E-state index contributed by atoms with van der Waals surface area (Å²) in [6.07, 6.45) is 1.26. The highest BCUT2D eigenvalue weighted by Crippen LogP contribution is 2.47. The van der Waals surface area contributed by atoms with Gasteiger partial charge in [0.25, 0.3) is 0 Å². The molecule has 112 valence electrons. The zero-order chi connectivity index (χ0) is 15.3. The van der Waals surface area contributed by atoms with Crippen LogP contribution in [0.15, 0.2) is 42.5 Å². The molecule has 0 bridgehead atoms. The molecular weight excluding hydrogens is 260 g/mol. The Labute approximate surface area is 126 Å². The van der Waals surface area contributed by atoms with Gasteiger partial charge in [-0.2, -0.15) is 0 Å². The fourth-order valence-corrected chi connectivity index (χ4v) is 3.78. The van der Waals surface area contributed by atoms with E-state index in [2.05, 4.69) is 50.2 Å². The zero-order valence-electron chi connectivity index (χ0n) is 13.3. The van der Waals surface area contributed by atoms with E-state index in [9.17, 15) is 5.11 Å². The zero-order valence-corrected chi connectivity index (χ0v) is 13.3. The van der Waals surface area contributed by atoms with E-state index in [1.165, 1.54) is 16.3 Å². The summed E-state index contributed by atoms with van der Waals surface area (Å²) >= 11 is 0. The molecule has 2 aromatic rings. The molecule has 1 fully saturated rings. The van der Waals surface area contributed by atoms with Gasteiger partial charge in [0.2, 0.25) is 0 Å². The van der Waals surface area contributed by atoms with Crippen LogP contribution in [0.25, 0.3) is 10.8 Å². The molecule has 1 saturated heterocycles. The monoisotopic (exact) mass is 284 g/mol.